The molecule has 0 aromatic heterocycles. The minimum absolute atomic E-state index is 0.438. The Hall–Kier alpha value is -0.0800. The molecule has 2 heteroatoms. The van der Waals surface area contributed by atoms with Crippen LogP contribution in [0.25, 0.3) is 0 Å². The van der Waals surface area contributed by atoms with Gasteiger partial charge in [-0.2, -0.15) is 0 Å². The van der Waals surface area contributed by atoms with Crippen LogP contribution in [0.15, 0.2) is 0 Å². The van der Waals surface area contributed by atoms with Gasteiger partial charge in [0.05, 0.1) is 12.2 Å². The predicted molar refractivity (Wildman–Crippen MR) is 67.0 cm³/mol. The number of aliphatic hydroxyl groups excluding tert-OH is 2. The first-order chi connectivity index (χ1) is 7.59. The molecule has 0 amide bonds. The van der Waals surface area contributed by atoms with Crippen LogP contribution in [0.1, 0.15) is 58.8 Å². The Kier molecular flexibility index (Phi) is 6.37. The lowest BCUT2D eigenvalue weighted by molar-refractivity contribution is 0.0229. The third-order valence-electron chi connectivity index (χ3n) is 3.54. The average molecular weight is 227 g/mol. The van der Waals surface area contributed by atoms with Crippen LogP contribution in [-0.4, -0.2) is 22.4 Å². The molecule has 2 unspecified atom stereocenters. The zero-order valence-corrected chi connectivity index (χ0v) is 10.7. The summed E-state index contributed by atoms with van der Waals surface area (Å²) in [5, 5.41) is 19.5. The Morgan fingerprint density at radius 3 is 2.31 bits per heavy atom. The van der Waals surface area contributed by atoms with Gasteiger partial charge in [0.1, 0.15) is 0 Å². The first-order valence-corrected chi connectivity index (χ1v) is 6.79. The lowest BCUT2D eigenvalue weighted by Crippen LogP contribution is -2.28. The fourth-order valence-corrected chi connectivity index (χ4v) is 2.53. The highest BCUT2D eigenvalue weighted by Crippen LogP contribution is 2.28. The van der Waals surface area contributed by atoms with Gasteiger partial charge in [0.15, 0.2) is 0 Å². The van der Waals surface area contributed by atoms with E-state index in [4.69, 9.17) is 0 Å². The van der Waals surface area contributed by atoms with E-state index in [1.807, 2.05) is 6.42 Å². The molecule has 1 saturated carbocycles. The number of hydrogen-bond donors (Lipinski definition) is 2. The maximum Gasteiger partial charge on any atom is 0.0831 e. The van der Waals surface area contributed by atoms with Crippen molar-refractivity contribution in [2.24, 2.45) is 11.8 Å². The summed E-state index contributed by atoms with van der Waals surface area (Å²) in [7, 11) is 0. The molecule has 1 radical (unpaired) electrons. The van der Waals surface area contributed by atoms with Crippen LogP contribution in [0.4, 0.5) is 0 Å². The lowest BCUT2D eigenvalue weighted by Gasteiger charge is -2.24. The fourth-order valence-electron chi connectivity index (χ4n) is 2.53. The largest absolute Gasteiger partial charge is 0.390 e. The van der Waals surface area contributed by atoms with Crippen LogP contribution in [-0.2, 0) is 0 Å². The smallest absolute Gasteiger partial charge is 0.0831 e. The highest BCUT2D eigenvalue weighted by atomic mass is 16.3. The molecule has 0 saturated heterocycles. The van der Waals surface area contributed by atoms with Gasteiger partial charge >= 0.3 is 0 Å². The van der Waals surface area contributed by atoms with E-state index < -0.39 is 12.2 Å². The molecule has 0 spiro atoms. The SMILES string of the molecule is CC(C)CC(O)C(O)[CH]CC1CCCCC1. The standard InChI is InChI=1S/C14H27O2/c1-11(2)10-14(16)13(15)9-8-12-6-4-3-5-7-12/h9,11-16H,3-8,10H2,1-2H3. The first kappa shape index (κ1) is 14.0. The molecular formula is C14H27O2. The van der Waals surface area contributed by atoms with E-state index in [2.05, 4.69) is 13.8 Å². The van der Waals surface area contributed by atoms with Gasteiger partial charge in [-0.3, -0.25) is 0 Å². The predicted octanol–water partition coefficient (Wildman–Crippen LogP) is 2.93. The van der Waals surface area contributed by atoms with Crippen LogP contribution in [0.2, 0.25) is 0 Å². The van der Waals surface area contributed by atoms with Crippen LogP contribution < -0.4 is 0 Å². The van der Waals surface area contributed by atoms with Crippen molar-refractivity contribution in [2.45, 2.75) is 71.0 Å². The summed E-state index contributed by atoms with van der Waals surface area (Å²) in [4.78, 5) is 0. The highest BCUT2D eigenvalue weighted by molar-refractivity contribution is 4.85. The quantitative estimate of drug-likeness (QED) is 0.732. The number of hydrogen-bond acceptors (Lipinski definition) is 2. The van der Waals surface area contributed by atoms with Gasteiger partial charge < -0.3 is 10.2 Å². The van der Waals surface area contributed by atoms with Crippen LogP contribution in [0.3, 0.4) is 0 Å². The van der Waals surface area contributed by atoms with Crippen LogP contribution in [0, 0.1) is 18.3 Å². The Balaban J connectivity index is 2.15. The van der Waals surface area contributed by atoms with Gasteiger partial charge in [0.25, 0.3) is 0 Å². The molecule has 16 heavy (non-hydrogen) atoms. The van der Waals surface area contributed by atoms with Crippen molar-refractivity contribution in [1.82, 2.24) is 0 Å². The molecular weight excluding hydrogens is 200 g/mol. The molecule has 95 valence electrons. The molecule has 2 N–H and O–H groups in total. The molecule has 0 aromatic carbocycles. The Morgan fingerprint density at radius 1 is 1.12 bits per heavy atom. The second-order valence-corrected chi connectivity index (χ2v) is 5.66. The zero-order chi connectivity index (χ0) is 12.0. The second-order valence-electron chi connectivity index (χ2n) is 5.66. The molecule has 0 aliphatic heterocycles. The van der Waals surface area contributed by atoms with Crippen molar-refractivity contribution < 1.29 is 10.2 Å². The molecule has 1 aliphatic carbocycles. The summed E-state index contributed by atoms with van der Waals surface area (Å²) in [6.07, 6.45) is 8.99. The van der Waals surface area contributed by atoms with E-state index in [0.29, 0.717) is 12.3 Å². The van der Waals surface area contributed by atoms with Crippen molar-refractivity contribution in [3.8, 4) is 0 Å². The van der Waals surface area contributed by atoms with Crippen molar-refractivity contribution in [3.63, 3.8) is 0 Å². The van der Waals surface area contributed by atoms with E-state index in [1.165, 1.54) is 32.1 Å². The first-order valence-electron chi connectivity index (χ1n) is 6.79. The maximum absolute atomic E-state index is 9.79. The van der Waals surface area contributed by atoms with E-state index in [-0.39, 0.29) is 0 Å². The molecule has 0 bridgehead atoms. The normalized spacial score (nSPS) is 22.3. The topological polar surface area (TPSA) is 40.5 Å². The molecule has 2 atom stereocenters. The van der Waals surface area contributed by atoms with E-state index in [1.54, 1.807) is 0 Å². The minimum Gasteiger partial charge on any atom is -0.390 e. The van der Waals surface area contributed by atoms with Gasteiger partial charge in [-0.25, -0.2) is 0 Å². The molecule has 2 nitrogen and oxygen atoms in total. The Labute approximate surface area is 100 Å². The third kappa shape index (κ3) is 5.31. The van der Waals surface area contributed by atoms with E-state index in [9.17, 15) is 10.2 Å². The van der Waals surface area contributed by atoms with Crippen LogP contribution in [0.5, 0.6) is 0 Å². The van der Waals surface area contributed by atoms with Crippen molar-refractivity contribution in [3.05, 3.63) is 6.42 Å². The van der Waals surface area contributed by atoms with Crippen molar-refractivity contribution in [1.29, 1.82) is 0 Å². The van der Waals surface area contributed by atoms with Gasteiger partial charge in [-0.05, 0) is 31.1 Å². The Bertz CT molecular complexity index is 174. The van der Waals surface area contributed by atoms with E-state index in [0.717, 1.165) is 12.3 Å². The summed E-state index contributed by atoms with van der Waals surface area (Å²) in [5.74, 6) is 1.18. The zero-order valence-electron chi connectivity index (χ0n) is 10.7. The van der Waals surface area contributed by atoms with Crippen molar-refractivity contribution in [2.75, 3.05) is 0 Å². The third-order valence-corrected chi connectivity index (χ3v) is 3.54. The molecule has 1 aliphatic rings. The number of aliphatic hydroxyl groups is 2. The summed E-state index contributed by atoms with van der Waals surface area (Å²) in [5.41, 5.74) is 0. The molecule has 1 rings (SSSR count). The van der Waals surface area contributed by atoms with Gasteiger partial charge in [0.2, 0.25) is 0 Å². The van der Waals surface area contributed by atoms with Gasteiger partial charge in [-0.15, -0.1) is 0 Å². The average Bonchev–Trinajstić information content (AvgIpc) is 2.26. The van der Waals surface area contributed by atoms with E-state index >= 15 is 0 Å². The number of rotatable bonds is 6. The molecule has 0 heterocycles. The summed E-state index contributed by atoms with van der Waals surface area (Å²) < 4.78 is 0. The molecule has 0 aromatic rings. The van der Waals surface area contributed by atoms with Crippen LogP contribution >= 0.6 is 0 Å². The highest BCUT2D eigenvalue weighted by Gasteiger charge is 2.20. The summed E-state index contributed by atoms with van der Waals surface area (Å²) in [6.45, 7) is 4.13. The summed E-state index contributed by atoms with van der Waals surface area (Å²) in [6, 6.07) is 0. The lowest BCUT2D eigenvalue weighted by atomic mass is 9.84. The summed E-state index contributed by atoms with van der Waals surface area (Å²) >= 11 is 0. The van der Waals surface area contributed by atoms with Gasteiger partial charge in [-0.1, -0.05) is 46.0 Å². The Morgan fingerprint density at radius 2 is 1.75 bits per heavy atom. The maximum atomic E-state index is 9.79. The van der Waals surface area contributed by atoms with Crippen molar-refractivity contribution >= 4 is 0 Å². The van der Waals surface area contributed by atoms with Gasteiger partial charge in [0, 0.05) is 0 Å². The molecule has 1 fully saturated rings. The minimum atomic E-state index is -0.635. The monoisotopic (exact) mass is 227 g/mol. The second kappa shape index (κ2) is 7.29. The fraction of sp³-hybridized carbons (Fsp3) is 0.929.